The average molecular weight is 442 g/mol. The number of amides is 3. The summed E-state index contributed by atoms with van der Waals surface area (Å²) in [6.45, 7) is 3.07. The van der Waals surface area contributed by atoms with Gasteiger partial charge in [0.05, 0.1) is 16.5 Å². The van der Waals surface area contributed by atoms with Crippen LogP contribution >= 0.6 is 0 Å². The monoisotopic (exact) mass is 442 g/mol. The first-order chi connectivity index (χ1) is 15.3. The molecule has 1 heterocycles. The first-order valence-electron chi connectivity index (χ1n) is 10.2. The van der Waals surface area contributed by atoms with Gasteiger partial charge < -0.3 is 15.5 Å². The number of nitro benzene ring substituents is 1. The third-order valence-electron chi connectivity index (χ3n) is 5.19. The summed E-state index contributed by atoms with van der Waals surface area (Å²) in [5.74, 6) is -2.19. The lowest BCUT2D eigenvalue weighted by molar-refractivity contribution is -0.384. The number of carbonyl (C=O) groups excluding carboxylic acids is 3. The molecule has 9 nitrogen and oxygen atoms in total. The Bertz CT molecular complexity index is 1040. The van der Waals surface area contributed by atoms with Gasteiger partial charge in [-0.2, -0.15) is 0 Å². The summed E-state index contributed by atoms with van der Waals surface area (Å²) in [6, 6.07) is 8.76. The van der Waals surface area contributed by atoms with E-state index in [2.05, 4.69) is 10.6 Å². The highest BCUT2D eigenvalue weighted by Crippen LogP contribution is 2.23. The number of carbonyl (C=O) groups is 3. The molecule has 1 saturated heterocycles. The summed E-state index contributed by atoms with van der Waals surface area (Å²) in [5.41, 5.74) is -0.0262. The molecule has 1 aliphatic rings. The number of hydrogen-bond donors (Lipinski definition) is 2. The number of rotatable bonds is 8. The molecule has 32 heavy (non-hydrogen) atoms. The molecule has 0 aromatic heterocycles. The summed E-state index contributed by atoms with van der Waals surface area (Å²) >= 11 is 0. The molecule has 0 unspecified atom stereocenters. The van der Waals surface area contributed by atoms with Crippen LogP contribution in [0.4, 0.5) is 21.5 Å². The molecule has 0 spiro atoms. The van der Waals surface area contributed by atoms with Crippen molar-refractivity contribution in [1.82, 2.24) is 4.90 Å². The lowest BCUT2D eigenvalue weighted by atomic mass is 10.1. The van der Waals surface area contributed by atoms with E-state index < -0.39 is 22.6 Å². The van der Waals surface area contributed by atoms with Gasteiger partial charge in [-0.05, 0) is 36.8 Å². The molecule has 3 amide bonds. The molecule has 2 aromatic rings. The third-order valence-corrected chi connectivity index (χ3v) is 5.19. The summed E-state index contributed by atoms with van der Waals surface area (Å²) < 4.78 is 13.9. The van der Waals surface area contributed by atoms with Gasteiger partial charge in [-0.3, -0.25) is 24.5 Å². The maximum absolute atomic E-state index is 13.9. The lowest BCUT2D eigenvalue weighted by Gasteiger charge is -2.16. The highest BCUT2D eigenvalue weighted by atomic mass is 19.1. The van der Waals surface area contributed by atoms with E-state index in [1.54, 1.807) is 4.90 Å². The number of hydrogen-bond acceptors (Lipinski definition) is 5. The maximum Gasteiger partial charge on any atom is 0.271 e. The van der Waals surface area contributed by atoms with Crippen LogP contribution in [0.2, 0.25) is 0 Å². The van der Waals surface area contributed by atoms with Gasteiger partial charge >= 0.3 is 0 Å². The number of nitrogens with zero attached hydrogens (tertiary/aromatic N) is 2. The van der Waals surface area contributed by atoms with Gasteiger partial charge in [0.25, 0.3) is 11.6 Å². The van der Waals surface area contributed by atoms with Crippen LogP contribution in [0.3, 0.4) is 0 Å². The molecule has 0 saturated carbocycles. The summed E-state index contributed by atoms with van der Waals surface area (Å²) in [4.78, 5) is 48.8. The van der Waals surface area contributed by atoms with E-state index >= 15 is 0 Å². The average Bonchev–Trinajstić information content (AvgIpc) is 3.14. The Morgan fingerprint density at radius 1 is 1.19 bits per heavy atom. The Balaban J connectivity index is 1.60. The second-order valence-electron chi connectivity index (χ2n) is 7.54. The van der Waals surface area contributed by atoms with Crippen molar-refractivity contribution >= 4 is 34.8 Å². The van der Waals surface area contributed by atoms with Gasteiger partial charge in [-0.1, -0.05) is 13.3 Å². The first kappa shape index (κ1) is 22.9. The Morgan fingerprint density at radius 3 is 2.56 bits per heavy atom. The molecule has 0 radical (unpaired) electrons. The third kappa shape index (κ3) is 5.45. The van der Waals surface area contributed by atoms with Crippen LogP contribution in [0.15, 0.2) is 42.5 Å². The van der Waals surface area contributed by atoms with Crippen LogP contribution in [0.1, 0.15) is 36.5 Å². The molecule has 2 aromatic carbocycles. The molecule has 0 bridgehead atoms. The van der Waals surface area contributed by atoms with E-state index in [9.17, 15) is 28.9 Å². The summed E-state index contributed by atoms with van der Waals surface area (Å²) in [7, 11) is 0. The van der Waals surface area contributed by atoms with Crippen molar-refractivity contribution < 1.29 is 23.7 Å². The van der Waals surface area contributed by atoms with Crippen LogP contribution in [0.25, 0.3) is 0 Å². The minimum Gasteiger partial charge on any atom is -0.342 e. The van der Waals surface area contributed by atoms with Crippen LogP contribution in [0, 0.1) is 21.8 Å². The predicted molar refractivity (Wildman–Crippen MR) is 116 cm³/mol. The number of likely N-dealkylation sites (tertiary alicyclic amines) is 1. The van der Waals surface area contributed by atoms with Crippen molar-refractivity contribution in [2.75, 3.05) is 23.7 Å². The van der Waals surface area contributed by atoms with E-state index in [0.29, 0.717) is 18.8 Å². The zero-order valence-electron chi connectivity index (χ0n) is 17.5. The van der Waals surface area contributed by atoms with E-state index in [1.807, 2.05) is 6.92 Å². The first-order valence-corrected chi connectivity index (χ1v) is 10.2. The van der Waals surface area contributed by atoms with Gasteiger partial charge in [-0.25, -0.2) is 4.39 Å². The number of nitrogens with one attached hydrogen (secondary N) is 2. The van der Waals surface area contributed by atoms with Crippen LogP contribution in [-0.4, -0.2) is 40.6 Å². The quantitative estimate of drug-likeness (QED) is 0.478. The number of benzene rings is 2. The number of unbranched alkanes of at least 4 members (excludes halogenated alkanes) is 1. The fourth-order valence-corrected chi connectivity index (χ4v) is 3.38. The molecule has 3 rings (SSSR count). The summed E-state index contributed by atoms with van der Waals surface area (Å²) in [6.07, 6.45) is 2.03. The number of non-ortho nitro benzene ring substituents is 1. The molecule has 1 fully saturated rings. The number of nitro groups is 1. The standard InChI is InChI=1S/C22H23FN4O5/c1-2-3-10-26-13-15(11-20(26)28)22(30)24-16-6-4-14(5-7-16)21(29)25-19-12-17(27(31)32)8-9-18(19)23/h4-9,12,15H,2-3,10-11,13H2,1H3,(H,24,30)(H,25,29)/t15-/m1/s1. The molecular weight excluding hydrogens is 419 g/mol. The van der Waals surface area contributed by atoms with E-state index in [0.717, 1.165) is 31.0 Å². The smallest absolute Gasteiger partial charge is 0.271 e. The minimum absolute atomic E-state index is 0.0287. The van der Waals surface area contributed by atoms with Gasteiger partial charge in [0.1, 0.15) is 5.82 Å². The van der Waals surface area contributed by atoms with Crippen molar-refractivity contribution in [3.8, 4) is 0 Å². The molecule has 168 valence electrons. The second-order valence-corrected chi connectivity index (χ2v) is 7.54. The van der Waals surface area contributed by atoms with Crippen molar-refractivity contribution in [2.45, 2.75) is 26.2 Å². The normalized spacial score (nSPS) is 15.5. The van der Waals surface area contributed by atoms with Crippen LogP contribution in [-0.2, 0) is 9.59 Å². The fourth-order valence-electron chi connectivity index (χ4n) is 3.38. The highest BCUT2D eigenvalue weighted by molar-refractivity contribution is 6.05. The Labute approximate surface area is 183 Å². The molecule has 2 N–H and O–H groups in total. The Hall–Kier alpha value is -3.82. The molecule has 1 atom stereocenters. The van der Waals surface area contributed by atoms with Crippen molar-refractivity contribution in [1.29, 1.82) is 0 Å². The van der Waals surface area contributed by atoms with Crippen molar-refractivity contribution in [3.63, 3.8) is 0 Å². The van der Waals surface area contributed by atoms with Crippen LogP contribution in [0.5, 0.6) is 0 Å². The van der Waals surface area contributed by atoms with Crippen molar-refractivity contribution in [3.05, 3.63) is 64.0 Å². The maximum atomic E-state index is 13.9. The zero-order valence-corrected chi connectivity index (χ0v) is 17.5. The fraction of sp³-hybridized carbons (Fsp3) is 0.318. The minimum atomic E-state index is -0.799. The lowest BCUT2D eigenvalue weighted by Crippen LogP contribution is -2.29. The SMILES string of the molecule is CCCCN1C[C@H](C(=O)Nc2ccc(C(=O)Nc3cc([N+](=O)[O-])ccc3F)cc2)CC1=O. The predicted octanol–water partition coefficient (Wildman–Crippen LogP) is 3.57. The molecule has 1 aliphatic heterocycles. The zero-order chi connectivity index (χ0) is 23.3. The van der Waals surface area contributed by atoms with Gasteiger partial charge in [0.15, 0.2) is 0 Å². The van der Waals surface area contributed by atoms with E-state index in [4.69, 9.17) is 0 Å². The van der Waals surface area contributed by atoms with Gasteiger partial charge in [0.2, 0.25) is 11.8 Å². The van der Waals surface area contributed by atoms with Gasteiger partial charge in [-0.15, -0.1) is 0 Å². The topological polar surface area (TPSA) is 122 Å². The molecule has 0 aliphatic carbocycles. The summed E-state index contributed by atoms with van der Waals surface area (Å²) in [5, 5.41) is 15.9. The van der Waals surface area contributed by atoms with E-state index in [-0.39, 0.29) is 35.2 Å². The number of halogens is 1. The Kier molecular flexibility index (Phi) is 7.14. The molecular formula is C22H23FN4O5. The van der Waals surface area contributed by atoms with Crippen molar-refractivity contribution in [2.24, 2.45) is 5.92 Å². The molecule has 10 heteroatoms. The van der Waals surface area contributed by atoms with Gasteiger partial charge in [0, 0.05) is 42.9 Å². The Morgan fingerprint density at radius 2 is 1.91 bits per heavy atom. The number of anilines is 2. The van der Waals surface area contributed by atoms with E-state index in [1.165, 1.54) is 24.3 Å². The largest absolute Gasteiger partial charge is 0.342 e. The van der Waals surface area contributed by atoms with Crippen LogP contribution < -0.4 is 10.6 Å². The highest BCUT2D eigenvalue weighted by Gasteiger charge is 2.33. The second kappa shape index (κ2) is 9.99.